The minimum Gasteiger partial charge on any atom is -0.339 e. The highest BCUT2D eigenvalue weighted by atomic mass is 19.1. The predicted molar refractivity (Wildman–Crippen MR) is 88.6 cm³/mol. The SMILES string of the molecule is NC1CCC(C(=O)N2CCN(C(=O)Cc3ccccc3F)CC2)C1. The number of nitrogens with two attached hydrogens (primary N) is 1. The van der Waals surface area contributed by atoms with Crippen molar-refractivity contribution < 1.29 is 14.0 Å². The van der Waals surface area contributed by atoms with Crippen molar-refractivity contribution in [2.24, 2.45) is 11.7 Å². The van der Waals surface area contributed by atoms with Crippen LogP contribution >= 0.6 is 0 Å². The molecular weight excluding hydrogens is 309 g/mol. The molecule has 6 heteroatoms. The Hall–Kier alpha value is -1.95. The third kappa shape index (κ3) is 3.75. The number of hydrogen-bond donors (Lipinski definition) is 1. The molecule has 1 aliphatic heterocycles. The van der Waals surface area contributed by atoms with E-state index in [-0.39, 0.29) is 36.0 Å². The van der Waals surface area contributed by atoms with E-state index in [4.69, 9.17) is 5.73 Å². The number of rotatable bonds is 3. The van der Waals surface area contributed by atoms with Crippen LogP contribution < -0.4 is 5.73 Å². The van der Waals surface area contributed by atoms with Crippen LogP contribution in [0, 0.1) is 11.7 Å². The first-order chi connectivity index (χ1) is 11.5. The van der Waals surface area contributed by atoms with Gasteiger partial charge in [0.25, 0.3) is 0 Å². The van der Waals surface area contributed by atoms with Gasteiger partial charge in [-0.05, 0) is 30.9 Å². The molecule has 1 saturated carbocycles. The summed E-state index contributed by atoms with van der Waals surface area (Å²) in [6, 6.07) is 6.49. The summed E-state index contributed by atoms with van der Waals surface area (Å²) in [5, 5.41) is 0. The van der Waals surface area contributed by atoms with E-state index in [9.17, 15) is 14.0 Å². The Morgan fingerprint density at radius 3 is 2.38 bits per heavy atom. The van der Waals surface area contributed by atoms with E-state index in [0.717, 1.165) is 19.3 Å². The van der Waals surface area contributed by atoms with Crippen molar-refractivity contribution in [1.82, 2.24) is 9.80 Å². The van der Waals surface area contributed by atoms with Crippen LogP contribution in [0.5, 0.6) is 0 Å². The van der Waals surface area contributed by atoms with Crippen LogP contribution in [0.25, 0.3) is 0 Å². The van der Waals surface area contributed by atoms with Crippen molar-refractivity contribution >= 4 is 11.8 Å². The lowest BCUT2D eigenvalue weighted by atomic mass is 10.1. The first kappa shape index (κ1) is 16.9. The molecule has 0 radical (unpaired) electrons. The number of amides is 2. The van der Waals surface area contributed by atoms with E-state index >= 15 is 0 Å². The molecule has 24 heavy (non-hydrogen) atoms. The molecule has 2 unspecified atom stereocenters. The van der Waals surface area contributed by atoms with Gasteiger partial charge in [-0.2, -0.15) is 0 Å². The van der Waals surface area contributed by atoms with E-state index in [1.165, 1.54) is 6.07 Å². The van der Waals surface area contributed by atoms with Crippen LogP contribution in [-0.2, 0) is 16.0 Å². The minimum atomic E-state index is -0.350. The molecule has 5 nitrogen and oxygen atoms in total. The van der Waals surface area contributed by atoms with Gasteiger partial charge in [0, 0.05) is 38.1 Å². The van der Waals surface area contributed by atoms with Crippen molar-refractivity contribution in [3.63, 3.8) is 0 Å². The molecule has 2 amide bonds. The van der Waals surface area contributed by atoms with Crippen molar-refractivity contribution in [2.45, 2.75) is 31.7 Å². The Bertz CT molecular complexity index is 614. The van der Waals surface area contributed by atoms with Gasteiger partial charge in [0.2, 0.25) is 11.8 Å². The second-order valence-corrected chi connectivity index (χ2v) is 6.74. The molecule has 0 aromatic heterocycles. The number of piperazine rings is 1. The Balaban J connectivity index is 1.50. The van der Waals surface area contributed by atoms with Crippen LogP contribution in [0.3, 0.4) is 0 Å². The van der Waals surface area contributed by atoms with E-state index < -0.39 is 0 Å². The highest BCUT2D eigenvalue weighted by molar-refractivity contribution is 5.81. The van der Waals surface area contributed by atoms with Crippen molar-refractivity contribution in [2.75, 3.05) is 26.2 Å². The maximum Gasteiger partial charge on any atom is 0.227 e. The summed E-state index contributed by atoms with van der Waals surface area (Å²) in [4.78, 5) is 28.4. The van der Waals surface area contributed by atoms with Gasteiger partial charge in [0.05, 0.1) is 6.42 Å². The van der Waals surface area contributed by atoms with E-state index in [1.54, 1.807) is 23.1 Å². The molecule has 1 heterocycles. The molecule has 130 valence electrons. The summed E-state index contributed by atoms with van der Waals surface area (Å²) in [6.45, 7) is 2.12. The van der Waals surface area contributed by atoms with Crippen LogP contribution in [0.2, 0.25) is 0 Å². The summed E-state index contributed by atoms with van der Waals surface area (Å²) in [7, 11) is 0. The highest BCUT2D eigenvalue weighted by Gasteiger charge is 2.33. The molecule has 0 spiro atoms. The minimum absolute atomic E-state index is 0.0423. The van der Waals surface area contributed by atoms with Gasteiger partial charge in [0.15, 0.2) is 0 Å². The number of halogens is 1. The number of carbonyl (C=O) groups excluding carboxylic acids is 2. The predicted octanol–water partition coefficient (Wildman–Crippen LogP) is 1.17. The first-order valence-corrected chi connectivity index (χ1v) is 8.60. The fraction of sp³-hybridized carbons (Fsp3) is 0.556. The van der Waals surface area contributed by atoms with Gasteiger partial charge < -0.3 is 15.5 Å². The zero-order chi connectivity index (χ0) is 17.1. The Kier molecular flexibility index (Phi) is 5.14. The summed E-state index contributed by atoms with van der Waals surface area (Å²) in [6.07, 6.45) is 2.62. The van der Waals surface area contributed by atoms with Crippen LogP contribution in [0.1, 0.15) is 24.8 Å². The van der Waals surface area contributed by atoms with E-state index in [2.05, 4.69) is 0 Å². The first-order valence-electron chi connectivity index (χ1n) is 8.60. The average Bonchev–Trinajstić information content (AvgIpc) is 3.03. The molecule has 0 bridgehead atoms. The van der Waals surface area contributed by atoms with Gasteiger partial charge >= 0.3 is 0 Å². The van der Waals surface area contributed by atoms with Gasteiger partial charge in [0.1, 0.15) is 5.82 Å². The zero-order valence-electron chi connectivity index (χ0n) is 13.8. The van der Waals surface area contributed by atoms with Gasteiger partial charge in [-0.1, -0.05) is 18.2 Å². The van der Waals surface area contributed by atoms with Crippen LogP contribution in [-0.4, -0.2) is 53.8 Å². The zero-order valence-corrected chi connectivity index (χ0v) is 13.8. The lowest BCUT2D eigenvalue weighted by Gasteiger charge is -2.36. The van der Waals surface area contributed by atoms with E-state index in [0.29, 0.717) is 31.7 Å². The molecule has 1 saturated heterocycles. The topological polar surface area (TPSA) is 66.6 Å². The van der Waals surface area contributed by atoms with Crippen LogP contribution in [0.4, 0.5) is 4.39 Å². The standard InChI is InChI=1S/C18H24FN3O2/c19-16-4-2-1-3-13(16)12-17(23)21-7-9-22(10-8-21)18(24)14-5-6-15(20)11-14/h1-4,14-15H,5-12,20H2. The number of hydrogen-bond acceptors (Lipinski definition) is 3. The number of nitrogens with zero attached hydrogens (tertiary/aromatic N) is 2. The fourth-order valence-corrected chi connectivity index (χ4v) is 3.59. The Morgan fingerprint density at radius 2 is 1.75 bits per heavy atom. The van der Waals surface area contributed by atoms with Crippen molar-refractivity contribution in [3.8, 4) is 0 Å². The number of carbonyl (C=O) groups is 2. The average molecular weight is 333 g/mol. The normalized spacial score (nSPS) is 24.2. The van der Waals surface area contributed by atoms with Crippen molar-refractivity contribution in [3.05, 3.63) is 35.6 Å². The molecule has 3 rings (SSSR count). The molecule has 1 aromatic rings. The third-order valence-corrected chi connectivity index (χ3v) is 5.07. The van der Waals surface area contributed by atoms with Crippen LogP contribution in [0.15, 0.2) is 24.3 Å². The largest absolute Gasteiger partial charge is 0.339 e. The maximum absolute atomic E-state index is 13.7. The lowest BCUT2D eigenvalue weighted by Crippen LogP contribution is -2.52. The number of benzene rings is 1. The highest BCUT2D eigenvalue weighted by Crippen LogP contribution is 2.26. The molecular formula is C18H24FN3O2. The summed E-state index contributed by atoms with van der Waals surface area (Å²) in [5.41, 5.74) is 6.30. The second kappa shape index (κ2) is 7.30. The quantitative estimate of drug-likeness (QED) is 0.903. The van der Waals surface area contributed by atoms with Gasteiger partial charge in [-0.25, -0.2) is 4.39 Å². The van der Waals surface area contributed by atoms with E-state index in [1.807, 2.05) is 4.90 Å². The molecule has 2 fully saturated rings. The molecule has 1 aromatic carbocycles. The molecule has 2 atom stereocenters. The Labute approximate surface area is 141 Å². The van der Waals surface area contributed by atoms with Gasteiger partial charge in [-0.15, -0.1) is 0 Å². The molecule has 2 N–H and O–H groups in total. The lowest BCUT2D eigenvalue weighted by molar-refractivity contribution is -0.141. The summed E-state index contributed by atoms with van der Waals surface area (Å²) < 4.78 is 13.7. The second-order valence-electron chi connectivity index (χ2n) is 6.74. The smallest absolute Gasteiger partial charge is 0.227 e. The molecule has 2 aliphatic rings. The maximum atomic E-state index is 13.7. The monoisotopic (exact) mass is 333 g/mol. The van der Waals surface area contributed by atoms with Gasteiger partial charge in [-0.3, -0.25) is 9.59 Å². The van der Waals surface area contributed by atoms with Crippen molar-refractivity contribution in [1.29, 1.82) is 0 Å². The summed E-state index contributed by atoms with van der Waals surface area (Å²) >= 11 is 0. The fourth-order valence-electron chi connectivity index (χ4n) is 3.59. The third-order valence-electron chi connectivity index (χ3n) is 5.07. The summed E-state index contributed by atoms with van der Waals surface area (Å²) in [5.74, 6) is -0.225. The molecule has 1 aliphatic carbocycles. The Morgan fingerprint density at radius 1 is 1.08 bits per heavy atom.